The van der Waals surface area contributed by atoms with Crippen molar-refractivity contribution in [1.29, 1.82) is 5.26 Å². The fourth-order valence-corrected chi connectivity index (χ4v) is 2.67. The van der Waals surface area contributed by atoms with Crippen LogP contribution in [0.1, 0.15) is 18.1 Å². The molecule has 6 nitrogen and oxygen atoms in total. The molecule has 1 heterocycles. The Morgan fingerprint density at radius 1 is 1.19 bits per heavy atom. The molecule has 0 saturated heterocycles. The van der Waals surface area contributed by atoms with Crippen LogP contribution in [-0.4, -0.2) is 23.0 Å². The molecule has 6 heteroatoms. The number of ether oxygens (including phenoxy) is 1. The van der Waals surface area contributed by atoms with E-state index in [0.717, 1.165) is 16.5 Å². The van der Waals surface area contributed by atoms with E-state index in [1.165, 1.54) is 6.92 Å². The Morgan fingerprint density at radius 2 is 1.96 bits per heavy atom. The first-order valence-corrected chi connectivity index (χ1v) is 8.40. The highest BCUT2D eigenvalue weighted by atomic mass is 16.5. The molecule has 134 valence electrons. The summed E-state index contributed by atoms with van der Waals surface area (Å²) in [6.07, 6.45) is 0.726. The maximum Gasteiger partial charge on any atom is 0.311 e. The van der Waals surface area contributed by atoms with Crippen molar-refractivity contribution < 1.29 is 14.3 Å². The third-order valence-corrected chi connectivity index (χ3v) is 3.99. The zero-order valence-corrected chi connectivity index (χ0v) is 14.7. The molecule has 2 aromatic carbocycles. The summed E-state index contributed by atoms with van der Waals surface area (Å²) in [6, 6.07) is 17.9. The number of amides is 1. The van der Waals surface area contributed by atoms with Gasteiger partial charge in [0.2, 0.25) is 0 Å². The Morgan fingerprint density at radius 3 is 2.78 bits per heavy atom. The van der Waals surface area contributed by atoms with E-state index >= 15 is 0 Å². The number of nitriles is 1. The number of para-hydroxylation sites is 1. The lowest BCUT2D eigenvalue weighted by atomic mass is 10.1. The van der Waals surface area contributed by atoms with Gasteiger partial charge in [-0.2, -0.15) is 5.26 Å². The summed E-state index contributed by atoms with van der Waals surface area (Å²) in [4.78, 5) is 28.8. The highest BCUT2D eigenvalue weighted by Gasteiger charge is 2.19. The summed E-state index contributed by atoms with van der Waals surface area (Å²) in [7, 11) is 0. The number of hydrogen-bond acceptors (Lipinski definition) is 5. The van der Waals surface area contributed by atoms with Crippen molar-refractivity contribution in [3.63, 3.8) is 0 Å². The Balaban J connectivity index is 1.63. The minimum absolute atomic E-state index is 0.0237. The van der Waals surface area contributed by atoms with E-state index in [1.807, 2.05) is 36.4 Å². The maximum atomic E-state index is 12.3. The zero-order valence-electron chi connectivity index (χ0n) is 14.7. The first-order chi connectivity index (χ1) is 13.1. The third kappa shape index (κ3) is 4.47. The topological polar surface area (TPSA) is 92.1 Å². The number of anilines is 1. The van der Waals surface area contributed by atoms with Gasteiger partial charge in [-0.1, -0.05) is 30.3 Å². The lowest BCUT2D eigenvalue weighted by Crippen LogP contribution is -2.30. The third-order valence-electron chi connectivity index (χ3n) is 3.99. The van der Waals surface area contributed by atoms with Crippen LogP contribution >= 0.6 is 0 Å². The number of hydrogen-bond donors (Lipinski definition) is 1. The molecule has 0 fully saturated rings. The summed E-state index contributed by atoms with van der Waals surface area (Å²) in [5, 5.41) is 12.5. The highest BCUT2D eigenvalue weighted by molar-refractivity contribution is 5.95. The van der Waals surface area contributed by atoms with Crippen LogP contribution in [-0.2, 0) is 20.7 Å². The number of pyridine rings is 1. The average Bonchev–Trinajstić information content (AvgIpc) is 2.68. The summed E-state index contributed by atoms with van der Waals surface area (Å²) < 4.78 is 5.25. The van der Waals surface area contributed by atoms with Crippen LogP contribution in [0.5, 0.6) is 0 Å². The molecule has 0 saturated carbocycles. The summed E-state index contributed by atoms with van der Waals surface area (Å²) in [5.74, 6) is -0.976. The largest absolute Gasteiger partial charge is 0.452 e. The van der Waals surface area contributed by atoms with Crippen molar-refractivity contribution in [2.45, 2.75) is 19.4 Å². The van der Waals surface area contributed by atoms with Gasteiger partial charge in [0.15, 0.2) is 6.10 Å². The predicted molar refractivity (Wildman–Crippen MR) is 101 cm³/mol. The van der Waals surface area contributed by atoms with Crippen LogP contribution in [0.25, 0.3) is 10.9 Å². The van der Waals surface area contributed by atoms with Crippen molar-refractivity contribution in [2.75, 3.05) is 5.32 Å². The Hall–Kier alpha value is -3.72. The lowest BCUT2D eigenvalue weighted by Gasteiger charge is -2.14. The van der Waals surface area contributed by atoms with E-state index in [4.69, 9.17) is 10.00 Å². The molecule has 0 aliphatic heterocycles. The van der Waals surface area contributed by atoms with Gasteiger partial charge >= 0.3 is 5.97 Å². The number of aromatic nitrogens is 1. The maximum absolute atomic E-state index is 12.3. The number of nitrogens with one attached hydrogen (secondary N) is 1. The Bertz CT molecular complexity index is 1030. The molecule has 1 aromatic heterocycles. The molecule has 0 radical (unpaired) electrons. The molecule has 1 unspecified atom stereocenters. The van der Waals surface area contributed by atoms with Crippen LogP contribution < -0.4 is 5.32 Å². The SMILES string of the molecule is CC(OC(=O)Cc1cccc2cccnc12)C(=O)Nc1cccc(C#N)c1. The predicted octanol–water partition coefficient (Wildman–Crippen LogP) is 3.22. The van der Waals surface area contributed by atoms with E-state index < -0.39 is 18.0 Å². The molecule has 0 bridgehead atoms. The van der Waals surface area contributed by atoms with Gasteiger partial charge in [-0.05, 0) is 36.8 Å². The number of carbonyl (C=O) groups excluding carboxylic acids is 2. The Kier molecular flexibility index (Phi) is 5.43. The number of esters is 1. The van der Waals surface area contributed by atoms with Gasteiger partial charge in [-0.15, -0.1) is 0 Å². The molecule has 0 aliphatic carbocycles. The molecule has 1 N–H and O–H groups in total. The fraction of sp³-hybridized carbons (Fsp3) is 0.143. The Labute approximate surface area is 156 Å². The van der Waals surface area contributed by atoms with Gasteiger partial charge in [0.1, 0.15) is 0 Å². The van der Waals surface area contributed by atoms with Gasteiger partial charge in [-0.3, -0.25) is 14.6 Å². The van der Waals surface area contributed by atoms with Crippen molar-refractivity contribution >= 4 is 28.5 Å². The molecule has 27 heavy (non-hydrogen) atoms. The summed E-state index contributed by atoms with van der Waals surface area (Å²) in [5.41, 5.74) is 2.39. The zero-order chi connectivity index (χ0) is 19.2. The number of rotatable bonds is 5. The minimum atomic E-state index is -0.967. The van der Waals surface area contributed by atoms with Gasteiger partial charge in [0, 0.05) is 17.3 Å². The second-order valence-electron chi connectivity index (χ2n) is 5.98. The minimum Gasteiger partial charge on any atom is -0.452 e. The van der Waals surface area contributed by atoms with Crippen LogP contribution in [0.3, 0.4) is 0 Å². The van der Waals surface area contributed by atoms with Gasteiger partial charge < -0.3 is 10.1 Å². The fourth-order valence-electron chi connectivity index (χ4n) is 2.67. The molecule has 0 spiro atoms. The van der Waals surface area contributed by atoms with Crippen molar-refractivity contribution in [2.24, 2.45) is 0 Å². The van der Waals surface area contributed by atoms with E-state index in [0.29, 0.717) is 11.3 Å². The number of nitrogens with zero attached hydrogens (tertiary/aromatic N) is 2. The van der Waals surface area contributed by atoms with Crippen LogP contribution in [0.4, 0.5) is 5.69 Å². The number of fused-ring (bicyclic) bond motifs is 1. The van der Waals surface area contributed by atoms with Crippen LogP contribution in [0.2, 0.25) is 0 Å². The molecule has 3 rings (SSSR count). The average molecular weight is 359 g/mol. The molecule has 0 aliphatic rings. The van der Waals surface area contributed by atoms with Gasteiger partial charge in [0.25, 0.3) is 5.91 Å². The smallest absolute Gasteiger partial charge is 0.311 e. The number of benzene rings is 2. The van der Waals surface area contributed by atoms with Crippen molar-refractivity contribution in [3.05, 3.63) is 71.9 Å². The first-order valence-electron chi connectivity index (χ1n) is 8.40. The summed E-state index contributed by atoms with van der Waals surface area (Å²) in [6.45, 7) is 1.50. The quantitative estimate of drug-likeness (QED) is 0.706. The second-order valence-corrected chi connectivity index (χ2v) is 5.98. The van der Waals surface area contributed by atoms with E-state index in [9.17, 15) is 9.59 Å². The molecule has 1 amide bonds. The number of carbonyl (C=O) groups is 2. The monoisotopic (exact) mass is 359 g/mol. The first kappa shape index (κ1) is 18.1. The van der Waals surface area contributed by atoms with Crippen molar-refractivity contribution in [3.8, 4) is 6.07 Å². The van der Waals surface area contributed by atoms with Crippen LogP contribution in [0.15, 0.2) is 60.8 Å². The second kappa shape index (κ2) is 8.11. The highest BCUT2D eigenvalue weighted by Crippen LogP contribution is 2.17. The summed E-state index contributed by atoms with van der Waals surface area (Å²) >= 11 is 0. The van der Waals surface area contributed by atoms with Gasteiger partial charge in [-0.25, -0.2) is 0 Å². The van der Waals surface area contributed by atoms with E-state index in [-0.39, 0.29) is 6.42 Å². The van der Waals surface area contributed by atoms with Crippen LogP contribution in [0, 0.1) is 11.3 Å². The van der Waals surface area contributed by atoms with Crippen molar-refractivity contribution in [1.82, 2.24) is 4.98 Å². The molecule has 3 aromatic rings. The lowest BCUT2D eigenvalue weighted by molar-refractivity contribution is -0.152. The molecular weight excluding hydrogens is 342 g/mol. The molecule has 1 atom stereocenters. The molecular formula is C21H17N3O3. The normalized spacial score (nSPS) is 11.4. The van der Waals surface area contributed by atoms with Gasteiger partial charge in [0.05, 0.1) is 23.6 Å². The van der Waals surface area contributed by atoms with E-state index in [2.05, 4.69) is 10.3 Å². The standard InChI is InChI=1S/C21H17N3O3/c1-14(21(26)24-18-9-2-5-15(11-18)13-22)27-19(25)12-17-7-3-6-16-8-4-10-23-20(16)17/h2-11,14H,12H2,1H3,(H,24,26). The van der Waals surface area contributed by atoms with E-state index in [1.54, 1.807) is 30.5 Å².